The van der Waals surface area contributed by atoms with Gasteiger partial charge >= 0.3 is 5.97 Å². The summed E-state index contributed by atoms with van der Waals surface area (Å²) in [5.41, 5.74) is 1.80. The molecule has 0 atom stereocenters. The van der Waals surface area contributed by atoms with Gasteiger partial charge in [-0.3, -0.25) is 4.98 Å². The van der Waals surface area contributed by atoms with Gasteiger partial charge in [-0.1, -0.05) is 6.92 Å². The van der Waals surface area contributed by atoms with Gasteiger partial charge in [0, 0.05) is 5.69 Å². The van der Waals surface area contributed by atoms with Crippen LogP contribution in [0.2, 0.25) is 0 Å². The zero-order valence-corrected chi connectivity index (χ0v) is 7.16. The van der Waals surface area contributed by atoms with Crippen molar-refractivity contribution in [3.05, 3.63) is 29.1 Å². The van der Waals surface area contributed by atoms with E-state index in [4.69, 9.17) is 5.11 Å². The van der Waals surface area contributed by atoms with Gasteiger partial charge in [-0.05, 0) is 25.5 Å². The zero-order chi connectivity index (χ0) is 9.14. The van der Waals surface area contributed by atoms with Crippen LogP contribution < -0.4 is 0 Å². The molecule has 3 nitrogen and oxygen atoms in total. The Labute approximate surface area is 71.1 Å². The Morgan fingerprint density at radius 2 is 2.25 bits per heavy atom. The maximum atomic E-state index is 10.6. The van der Waals surface area contributed by atoms with Crippen molar-refractivity contribution in [3.63, 3.8) is 0 Å². The van der Waals surface area contributed by atoms with Crippen molar-refractivity contribution >= 4 is 5.97 Å². The number of hydrogen-bond donors (Lipinski definition) is 1. The van der Waals surface area contributed by atoms with E-state index in [1.807, 2.05) is 6.92 Å². The van der Waals surface area contributed by atoms with Gasteiger partial charge < -0.3 is 5.11 Å². The second-order valence-corrected chi connectivity index (χ2v) is 2.59. The molecule has 0 saturated heterocycles. The summed E-state index contributed by atoms with van der Waals surface area (Å²) in [4.78, 5) is 14.7. The Morgan fingerprint density at radius 3 is 2.67 bits per heavy atom. The minimum atomic E-state index is -0.914. The van der Waals surface area contributed by atoms with E-state index in [0.717, 1.165) is 12.1 Å². The first-order valence-corrected chi connectivity index (χ1v) is 3.85. The molecule has 1 aromatic rings. The third kappa shape index (κ3) is 1.61. The van der Waals surface area contributed by atoms with E-state index in [1.165, 1.54) is 0 Å². The van der Waals surface area contributed by atoms with Crippen LogP contribution in [-0.4, -0.2) is 16.1 Å². The van der Waals surface area contributed by atoms with Crippen LogP contribution in [0.15, 0.2) is 12.1 Å². The van der Waals surface area contributed by atoms with Crippen molar-refractivity contribution in [1.82, 2.24) is 4.98 Å². The number of hydrogen-bond acceptors (Lipinski definition) is 2. The predicted molar refractivity (Wildman–Crippen MR) is 45.3 cm³/mol. The summed E-state index contributed by atoms with van der Waals surface area (Å²) >= 11 is 0. The molecule has 1 rings (SSSR count). The number of carbonyl (C=O) groups is 1. The summed E-state index contributed by atoms with van der Waals surface area (Å²) in [5, 5.41) is 8.69. The van der Waals surface area contributed by atoms with Gasteiger partial charge in [0.05, 0.1) is 11.3 Å². The van der Waals surface area contributed by atoms with Gasteiger partial charge in [-0.2, -0.15) is 0 Å². The molecule has 0 aromatic carbocycles. The second-order valence-electron chi connectivity index (χ2n) is 2.59. The first-order valence-electron chi connectivity index (χ1n) is 3.85. The largest absolute Gasteiger partial charge is 0.478 e. The van der Waals surface area contributed by atoms with Gasteiger partial charge in [0.2, 0.25) is 0 Å². The highest BCUT2D eigenvalue weighted by molar-refractivity contribution is 5.88. The minimum absolute atomic E-state index is 0.284. The Hall–Kier alpha value is -1.38. The summed E-state index contributed by atoms with van der Waals surface area (Å²) in [6.07, 6.45) is 0.834. The molecule has 0 amide bonds. The molecule has 1 N–H and O–H groups in total. The van der Waals surface area contributed by atoms with Crippen molar-refractivity contribution in [2.45, 2.75) is 20.3 Å². The molecule has 0 unspecified atom stereocenters. The van der Waals surface area contributed by atoms with E-state index in [2.05, 4.69) is 4.98 Å². The van der Waals surface area contributed by atoms with Crippen LogP contribution in [0.5, 0.6) is 0 Å². The number of pyridine rings is 1. The average molecular weight is 165 g/mol. The molecule has 0 aliphatic carbocycles. The topological polar surface area (TPSA) is 50.2 Å². The van der Waals surface area contributed by atoms with Gasteiger partial charge in [-0.25, -0.2) is 4.79 Å². The van der Waals surface area contributed by atoms with Crippen LogP contribution in [0.25, 0.3) is 0 Å². The second kappa shape index (κ2) is 3.34. The number of nitrogens with zero attached hydrogens (tertiary/aromatic N) is 1. The monoisotopic (exact) mass is 165 g/mol. The molecular formula is C9H11NO2. The third-order valence-corrected chi connectivity index (χ3v) is 1.74. The number of aromatic nitrogens is 1. The van der Waals surface area contributed by atoms with Crippen LogP contribution in [0.3, 0.4) is 0 Å². The number of aryl methyl sites for hydroxylation is 2. The summed E-state index contributed by atoms with van der Waals surface area (Å²) in [7, 11) is 0. The number of carboxylic acids is 1. The Morgan fingerprint density at radius 1 is 1.58 bits per heavy atom. The smallest absolute Gasteiger partial charge is 0.337 e. The van der Waals surface area contributed by atoms with Crippen LogP contribution in [0.1, 0.15) is 28.7 Å². The Kier molecular flexibility index (Phi) is 2.43. The van der Waals surface area contributed by atoms with E-state index >= 15 is 0 Å². The fourth-order valence-corrected chi connectivity index (χ4v) is 1.04. The normalized spacial score (nSPS) is 9.83. The van der Waals surface area contributed by atoms with E-state index in [1.54, 1.807) is 19.1 Å². The fraction of sp³-hybridized carbons (Fsp3) is 0.333. The number of rotatable bonds is 2. The highest BCUT2D eigenvalue weighted by Crippen LogP contribution is 2.06. The van der Waals surface area contributed by atoms with Gasteiger partial charge in [-0.15, -0.1) is 0 Å². The van der Waals surface area contributed by atoms with Crippen molar-refractivity contribution in [2.24, 2.45) is 0 Å². The van der Waals surface area contributed by atoms with Crippen molar-refractivity contribution < 1.29 is 9.90 Å². The Balaban J connectivity index is 3.12. The fourth-order valence-electron chi connectivity index (χ4n) is 1.04. The van der Waals surface area contributed by atoms with E-state index in [-0.39, 0.29) is 5.56 Å². The molecule has 0 aliphatic heterocycles. The molecule has 1 heterocycles. The molecule has 0 spiro atoms. The average Bonchev–Trinajstić information content (AvgIpc) is 2.03. The molecule has 0 aliphatic rings. The maximum Gasteiger partial charge on any atom is 0.337 e. The lowest BCUT2D eigenvalue weighted by Crippen LogP contribution is -2.02. The molecule has 0 fully saturated rings. The third-order valence-electron chi connectivity index (χ3n) is 1.74. The molecular weight excluding hydrogens is 154 g/mol. The van der Waals surface area contributed by atoms with E-state index in [0.29, 0.717) is 5.69 Å². The maximum absolute atomic E-state index is 10.6. The summed E-state index contributed by atoms with van der Waals surface area (Å²) in [6.45, 7) is 3.70. The first-order chi connectivity index (χ1) is 5.65. The lowest BCUT2D eigenvalue weighted by Gasteiger charge is -2.01. The van der Waals surface area contributed by atoms with Crippen LogP contribution in [-0.2, 0) is 6.42 Å². The van der Waals surface area contributed by atoms with Crippen molar-refractivity contribution in [2.75, 3.05) is 0 Å². The van der Waals surface area contributed by atoms with Crippen LogP contribution in [0.4, 0.5) is 0 Å². The predicted octanol–water partition coefficient (Wildman–Crippen LogP) is 1.65. The molecule has 64 valence electrons. The molecule has 3 heteroatoms. The molecule has 0 bridgehead atoms. The summed E-state index contributed by atoms with van der Waals surface area (Å²) in [5.74, 6) is -0.914. The molecule has 1 aromatic heterocycles. The van der Waals surface area contributed by atoms with Gasteiger partial charge in [0.1, 0.15) is 0 Å². The molecule has 12 heavy (non-hydrogen) atoms. The van der Waals surface area contributed by atoms with E-state index in [9.17, 15) is 4.79 Å². The summed E-state index contributed by atoms with van der Waals surface area (Å²) in [6, 6.07) is 3.35. The molecule has 0 saturated carbocycles. The van der Waals surface area contributed by atoms with Crippen LogP contribution in [0, 0.1) is 6.92 Å². The lowest BCUT2D eigenvalue weighted by molar-refractivity contribution is 0.0695. The van der Waals surface area contributed by atoms with Gasteiger partial charge in [0.25, 0.3) is 0 Å². The van der Waals surface area contributed by atoms with Gasteiger partial charge in [0.15, 0.2) is 0 Å². The van der Waals surface area contributed by atoms with E-state index < -0.39 is 5.97 Å². The summed E-state index contributed by atoms with van der Waals surface area (Å²) < 4.78 is 0. The lowest BCUT2D eigenvalue weighted by atomic mass is 10.2. The number of aromatic carboxylic acids is 1. The number of carboxylic acid groups (broad SMARTS) is 1. The quantitative estimate of drug-likeness (QED) is 0.724. The first kappa shape index (κ1) is 8.71. The van der Waals surface area contributed by atoms with Crippen molar-refractivity contribution in [1.29, 1.82) is 0 Å². The Bertz CT molecular complexity index is 307. The SMILES string of the molecule is CCc1ccc(C(=O)O)c(C)n1. The van der Waals surface area contributed by atoms with Crippen molar-refractivity contribution in [3.8, 4) is 0 Å². The highest BCUT2D eigenvalue weighted by atomic mass is 16.4. The highest BCUT2D eigenvalue weighted by Gasteiger charge is 2.07. The zero-order valence-electron chi connectivity index (χ0n) is 7.16. The minimum Gasteiger partial charge on any atom is -0.478 e. The van der Waals surface area contributed by atoms with Crippen LogP contribution >= 0.6 is 0 Å². The standard InChI is InChI=1S/C9H11NO2/c1-3-7-4-5-8(9(11)12)6(2)10-7/h4-5H,3H2,1-2H3,(H,11,12). The molecule has 0 radical (unpaired) electrons.